The van der Waals surface area contributed by atoms with Crippen LogP contribution >= 0.6 is 0 Å². The standard InChI is InChI=1S/C23H28N2O4/c1-13-6-8-15-14(12-13)7-9-16-17-18(19(25(15)16)20(26)23(2,3)4)22(28)24(21(17)27)10-11-29-5/h6-9,12,16-19H,10-11H2,1-5H3/t16-,17-,18+,19+/m1/s1. The van der Waals surface area contributed by atoms with E-state index < -0.39 is 23.3 Å². The average molecular weight is 396 g/mol. The van der Waals surface area contributed by atoms with Gasteiger partial charge in [0.2, 0.25) is 11.8 Å². The summed E-state index contributed by atoms with van der Waals surface area (Å²) in [5.74, 6) is -1.66. The lowest BCUT2D eigenvalue weighted by Gasteiger charge is -2.38. The van der Waals surface area contributed by atoms with Crippen LogP contribution in [-0.4, -0.2) is 54.8 Å². The summed E-state index contributed by atoms with van der Waals surface area (Å²) in [6.07, 6.45) is 4.00. The Bertz CT molecular complexity index is 914. The summed E-state index contributed by atoms with van der Waals surface area (Å²) < 4.78 is 5.08. The summed E-state index contributed by atoms with van der Waals surface area (Å²) in [7, 11) is 1.54. The molecule has 0 bridgehead atoms. The lowest BCUT2D eigenvalue weighted by atomic mass is 9.79. The molecule has 1 aromatic carbocycles. The lowest BCUT2D eigenvalue weighted by Crippen LogP contribution is -2.51. The molecule has 3 aliphatic heterocycles. The van der Waals surface area contributed by atoms with Crippen LogP contribution < -0.4 is 4.90 Å². The lowest BCUT2D eigenvalue weighted by molar-refractivity contribution is -0.142. The number of carbonyl (C=O) groups is 3. The van der Waals surface area contributed by atoms with Crippen LogP contribution in [-0.2, 0) is 19.1 Å². The largest absolute Gasteiger partial charge is 0.383 e. The van der Waals surface area contributed by atoms with Gasteiger partial charge < -0.3 is 9.64 Å². The molecule has 4 atom stereocenters. The van der Waals surface area contributed by atoms with E-state index in [1.807, 2.05) is 56.9 Å². The molecule has 3 heterocycles. The highest BCUT2D eigenvalue weighted by Gasteiger charge is 2.64. The van der Waals surface area contributed by atoms with Crippen LogP contribution in [0.1, 0.15) is 31.9 Å². The molecular formula is C23H28N2O4. The van der Waals surface area contributed by atoms with Gasteiger partial charge in [-0.3, -0.25) is 19.3 Å². The number of ether oxygens (including phenoxy) is 1. The van der Waals surface area contributed by atoms with E-state index >= 15 is 0 Å². The number of nitrogens with zero attached hydrogens (tertiary/aromatic N) is 2. The van der Waals surface area contributed by atoms with Crippen molar-refractivity contribution >= 4 is 29.4 Å². The summed E-state index contributed by atoms with van der Waals surface area (Å²) in [6, 6.07) is 5.14. The molecule has 2 amide bonds. The van der Waals surface area contributed by atoms with Crippen molar-refractivity contribution in [2.45, 2.75) is 39.8 Å². The Morgan fingerprint density at radius 1 is 1.14 bits per heavy atom. The van der Waals surface area contributed by atoms with Crippen LogP contribution in [0.3, 0.4) is 0 Å². The topological polar surface area (TPSA) is 66.9 Å². The Morgan fingerprint density at radius 3 is 2.48 bits per heavy atom. The van der Waals surface area contributed by atoms with Crippen LogP contribution in [0.15, 0.2) is 24.3 Å². The highest BCUT2D eigenvalue weighted by molar-refractivity contribution is 6.11. The zero-order valence-corrected chi connectivity index (χ0v) is 17.6. The molecule has 2 fully saturated rings. The quantitative estimate of drug-likeness (QED) is 0.732. The number of Topliss-reactive ketones (excluding diaryl/α,β-unsaturated/α-hetero) is 1. The van der Waals surface area contributed by atoms with Crippen molar-refractivity contribution in [1.82, 2.24) is 4.90 Å². The van der Waals surface area contributed by atoms with Gasteiger partial charge in [-0.2, -0.15) is 0 Å². The molecule has 0 radical (unpaired) electrons. The number of hydrogen-bond acceptors (Lipinski definition) is 5. The number of hydrogen-bond donors (Lipinski definition) is 0. The van der Waals surface area contributed by atoms with Gasteiger partial charge in [0.25, 0.3) is 0 Å². The Labute approximate surface area is 171 Å². The third-order valence-corrected chi connectivity index (χ3v) is 6.28. The molecule has 2 saturated heterocycles. The first kappa shape index (κ1) is 19.8. The van der Waals surface area contributed by atoms with Gasteiger partial charge in [0.1, 0.15) is 6.04 Å². The summed E-state index contributed by atoms with van der Waals surface area (Å²) in [5, 5.41) is 0. The van der Waals surface area contributed by atoms with Crippen LogP contribution in [0.4, 0.5) is 5.69 Å². The Balaban J connectivity index is 1.83. The minimum absolute atomic E-state index is 0.00781. The molecule has 154 valence electrons. The third-order valence-electron chi connectivity index (χ3n) is 6.28. The van der Waals surface area contributed by atoms with E-state index in [9.17, 15) is 14.4 Å². The fourth-order valence-electron chi connectivity index (χ4n) is 4.90. The van der Waals surface area contributed by atoms with E-state index in [-0.39, 0.29) is 30.2 Å². The van der Waals surface area contributed by atoms with Crippen molar-refractivity contribution in [1.29, 1.82) is 0 Å². The van der Waals surface area contributed by atoms with Crippen LogP contribution in [0.25, 0.3) is 6.08 Å². The average Bonchev–Trinajstić information content (AvgIpc) is 3.12. The van der Waals surface area contributed by atoms with Crippen molar-refractivity contribution in [3.05, 3.63) is 35.4 Å². The molecule has 0 unspecified atom stereocenters. The Morgan fingerprint density at radius 2 is 1.83 bits per heavy atom. The highest BCUT2D eigenvalue weighted by atomic mass is 16.5. The number of fused-ring (bicyclic) bond motifs is 5. The molecule has 0 saturated carbocycles. The summed E-state index contributed by atoms with van der Waals surface area (Å²) in [6.45, 7) is 8.16. The minimum Gasteiger partial charge on any atom is -0.383 e. The van der Waals surface area contributed by atoms with Crippen LogP contribution in [0.5, 0.6) is 0 Å². The number of anilines is 1. The zero-order valence-electron chi connectivity index (χ0n) is 17.6. The van der Waals surface area contributed by atoms with Crippen molar-refractivity contribution in [3.8, 4) is 0 Å². The van der Waals surface area contributed by atoms with E-state index in [4.69, 9.17) is 4.74 Å². The second kappa shape index (κ2) is 6.80. The number of imide groups is 1. The second-order valence-corrected chi connectivity index (χ2v) is 9.25. The van der Waals surface area contributed by atoms with E-state index in [2.05, 4.69) is 6.07 Å². The van der Waals surface area contributed by atoms with Crippen molar-refractivity contribution < 1.29 is 19.1 Å². The fraction of sp³-hybridized carbons (Fsp3) is 0.522. The number of likely N-dealkylation sites (tertiary alicyclic amines) is 1. The maximum absolute atomic E-state index is 13.5. The third kappa shape index (κ3) is 2.92. The van der Waals surface area contributed by atoms with Gasteiger partial charge in [-0.05, 0) is 24.6 Å². The van der Waals surface area contributed by atoms with Crippen molar-refractivity contribution in [2.24, 2.45) is 17.3 Å². The number of rotatable bonds is 4. The summed E-state index contributed by atoms with van der Waals surface area (Å²) in [4.78, 5) is 43.4. The monoisotopic (exact) mass is 396 g/mol. The molecule has 6 nitrogen and oxygen atoms in total. The molecule has 0 aromatic heterocycles. The molecule has 4 rings (SSSR count). The highest BCUT2D eigenvalue weighted by Crippen LogP contribution is 2.49. The number of methoxy groups -OCH3 is 1. The number of ketones is 1. The van der Waals surface area contributed by atoms with Gasteiger partial charge in [-0.25, -0.2) is 0 Å². The van der Waals surface area contributed by atoms with E-state index in [1.54, 1.807) is 7.11 Å². The number of carbonyl (C=O) groups excluding carboxylic acids is 3. The predicted octanol–water partition coefficient (Wildman–Crippen LogP) is 2.44. The second-order valence-electron chi connectivity index (χ2n) is 9.25. The zero-order chi connectivity index (χ0) is 21.1. The normalized spacial score (nSPS) is 27.9. The molecular weight excluding hydrogens is 368 g/mol. The molecule has 1 aromatic rings. The molecule has 0 N–H and O–H groups in total. The van der Waals surface area contributed by atoms with Crippen molar-refractivity contribution in [3.63, 3.8) is 0 Å². The number of benzene rings is 1. The van der Waals surface area contributed by atoms with Gasteiger partial charge in [0.05, 0.1) is 31.0 Å². The molecule has 0 spiro atoms. The molecule has 3 aliphatic rings. The molecule has 6 heteroatoms. The van der Waals surface area contributed by atoms with Gasteiger partial charge in [-0.1, -0.05) is 44.6 Å². The van der Waals surface area contributed by atoms with Gasteiger partial charge >= 0.3 is 0 Å². The number of aryl methyl sites for hydroxylation is 1. The number of amides is 2. The first-order valence-electron chi connectivity index (χ1n) is 10.1. The van der Waals surface area contributed by atoms with E-state index in [1.165, 1.54) is 4.90 Å². The van der Waals surface area contributed by atoms with E-state index in [0.717, 1.165) is 16.8 Å². The molecule has 0 aliphatic carbocycles. The smallest absolute Gasteiger partial charge is 0.235 e. The maximum atomic E-state index is 13.5. The fourth-order valence-corrected chi connectivity index (χ4v) is 4.90. The van der Waals surface area contributed by atoms with Gasteiger partial charge in [0, 0.05) is 18.2 Å². The minimum atomic E-state index is -0.659. The predicted molar refractivity (Wildman–Crippen MR) is 110 cm³/mol. The summed E-state index contributed by atoms with van der Waals surface area (Å²) >= 11 is 0. The Hall–Kier alpha value is -2.47. The Kier molecular flexibility index (Phi) is 4.65. The van der Waals surface area contributed by atoms with E-state index in [0.29, 0.717) is 6.61 Å². The molecule has 29 heavy (non-hydrogen) atoms. The van der Waals surface area contributed by atoms with Gasteiger partial charge in [-0.15, -0.1) is 0 Å². The first-order chi connectivity index (χ1) is 13.7. The van der Waals surface area contributed by atoms with Crippen LogP contribution in [0.2, 0.25) is 0 Å². The van der Waals surface area contributed by atoms with Gasteiger partial charge in [0.15, 0.2) is 5.78 Å². The van der Waals surface area contributed by atoms with Crippen LogP contribution in [0, 0.1) is 24.2 Å². The first-order valence-corrected chi connectivity index (χ1v) is 10.1. The maximum Gasteiger partial charge on any atom is 0.235 e. The summed E-state index contributed by atoms with van der Waals surface area (Å²) in [5.41, 5.74) is 2.44. The van der Waals surface area contributed by atoms with Crippen molar-refractivity contribution in [2.75, 3.05) is 25.2 Å². The SMILES string of the molecule is COCCN1C(=O)[C@H]2[C@H](C1=O)[C@@H](C(=O)C(C)(C)C)N1c3ccc(C)cc3C=C[C@H]21.